The molecular weight excluding hydrogens is 426 g/mol. The summed E-state index contributed by atoms with van der Waals surface area (Å²) in [5, 5.41) is 4.32. The van der Waals surface area contributed by atoms with Gasteiger partial charge in [-0.25, -0.2) is 13.6 Å². The van der Waals surface area contributed by atoms with Crippen LogP contribution in [0.3, 0.4) is 0 Å². The fraction of sp³-hybridized carbons (Fsp3) is 0.381. The number of hydrogen-bond acceptors (Lipinski definition) is 6. The molecule has 3 rings (SSSR count). The van der Waals surface area contributed by atoms with E-state index >= 15 is 0 Å². The van der Waals surface area contributed by atoms with Gasteiger partial charge in [0.2, 0.25) is 11.7 Å². The molecule has 1 amide bonds. The van der Waals surface area contributed by atoms with E-state index in [1.54, 1.807) is 36.4 Å². The van der Waals surface area contributed by atoms with Gasteiger partial charge in [0.1, 0.15) is 11.3 Å². The van der Waals surface area contributed by atoms with Gasteiger partial charge >= 0.3 is 5.92 Å². The molecule has 0 unspecified atom stereocenters. The van der Waals surface area contributed by atoms with Crippen LogP contribution in [0.5, 0.6) is 11.6 Å². The Morgan fingerprint density at radius 1 is 1.35 bits per heavy atom. The van der Waals surface area contributed by atoms with Crippen molar-refractivity contribution in [2.45, 2.75) is 31.7 Å². The van der Waals surface area contributed by atoms with Crippen molar-refractivity contribution >= 4 is 15.6 Å². The lowest BCUT2D eigenvalue weighted by atomic mass is 10.1. The molecule has 2 atom stereocenters. The Kier molecular flexibility index (Phi) is 6.68. The molecule has 0 bridgehead atoms. The second-order valence-corrected chi connectivity index (χ2v) is 9.78. The number of ether oxygens (including phenoxy) is 1. The second kappa shape index (κ2) is 9.09. The van der Waals surface area contributed by atoms with Crippen LogP contribution in [0.4, 0.5) is 8.78 Å². The molecule has 0 spiro atoms. The molecule has 0 saturated heterocycles. The standard InChI is InChI=1S/C21H24F2N4O3S/c1-21(22,23)20-25-13-16(19(27-20)30-15-7-5-4-6-8-15)18(28)26-17(14-9-10-14)11-12-31(3,29)24-2/h4-8,11-14,17H,9-10H2,1-3H3,(H,26,28)/b12-11+/t17-,31-/m0/s1. The molecule has 7 nitrogen and oxygen atoms in total. The molecule has 0 radical (unpaired) electrons. The number of rotatable bonds is 8. The highest BCUT2D eigenvalue weighted by atomic mass is 32.2. The monoisotopic (exact) mass is 450 g/mol. The predicted octanol–water partition coefficient (Wildman–Crippen LogP) is 4.13. The number of hydrogen-bond donors (Lipinski definition) is 1. The van der Waals surface area contributed by atoms with Crippen molar-refractivity contribution in [3.05, 3.63) is 59.4 Å². The third kappa shape index (κ3) is 6.30. The number of carbonyl (C=O) groups is 1. The van der Waals surface area contributed by atoms with Gasteiger partial charge in [-0.3, -0.25) is 4.79 Å². The largest absolute Gasteiger partial charge is 0.438 e. The van der Waals surface area contributed by atoms with Crippen LogP contribution in [-0.4, -0.2) is 39.4 Å². The molecule has 1 aromatic carbocycles. The molecule has 166 valence electrons. The third-order valence-corrected chi connectivity index (χ3v) is 6.06. The molecule has 1 aliphatic carbocycles. The van der Waals surface area contributed by atoms with Gasteiger partial charge in [-0.15, -0.1) is 0 Å². The maximum atomic E-state index is 13.7. The Bertz CT molecular complexity index is 1090. The first-order valence-corrected chi connectivity index (χ1v) is 11.7. The van der Waals surface area contributed by atoms with Crippen molar-refractivity contribution < 1.29 is 22.5 Å². The number of benzene rings is 1. The van der Waals surface area contributed by atoms with Crippen LogP contribution in [0.1, 0.15) is 35.9 Å². The number of halogens is 2. The van der Waals surface area contributed by atoms with Gasteiger partial charge in [-0.1, -0.05) is 24.3 Å². The van der Waals surface area contributed by atoms with Crippen molar-refractivity contribution in [3.8, 4) is 11.6 Å². The Hall–Kier alpha value is -2.88. The van der Waals surface area contributed by atoms with Crippen LogP contribution in [0.15, 0.2) is 52.4 Å². The fourth-order valence-electron chi connectivity index (χ4n) is 2.71. The normalized spacial score (nSPS) is 17.1. The molecule has 0 aliphatic heterocycles. The Labute approximate surface area is 180 Å². The summed E-state index contributed by atoms with van der Waals surface area (Å²) in [5.74, 6) is -4.34. The summed E-state index contributed by atoms with van der Waals surface area (Å²) in [7, 11) is -1.02. The molecule has 1 fully saturated rings. The summed E-state index contributed by atoms with van der Waals surface area (Å²) in [6.45, 7) is 0.670. The molecule has 10 heteroatoms. The molecular formula is C21H24F2N4O3S. The van der Waals surface area contributed by atoms with Crippen LogP contribution in [0.25, 0.3) is 0 Å². The van der Waals surface area contributed by atoms with Crippen LogP contribution in [-0.2, 0) is 15.7 Å². The van der Waals surface area contributed by atoms with Gasteiger partial charge in [0, 0.05) is 31.8 Å². The molecule has 2 aromatic rings. The minimum atomic E-state index is -3.30. The minimum Gasteiger partial charge on any atom is -0.438 e. The lowest BCUT2D eigenvalue weighted by molar-refractivity contribution is 0.00707. The zero-order valence-electron chi connectivity index (χ0n) is 17.4. The Balaban J connectivity index is 1.90. The van der Waals surface area contributed by atoms with E-state index in [0.717, 1.165) is 19.0 Å². The van der Waals surface area contributed by atoms with E-state index in [1.165, 1.54) is 18.7 Å². The van der Waals surface area contributed by atoms with Gasteiger partial charge in [0.15, 0.2) is 0 Å². The zero-order chi connectivity index (χ0) is 22.6. The highest BCUT2D eigenvalue weighted by molar-refractivity contribution is 7.95. The average molecular weight is 451 g/mol. The Morgan fingerprint density at radius 3 is 2.61 bits per heavy atom. The fourth-order valence-corrected chi connectivity index (χ4v) is 3.29. The number of carbonyl (C=O) groups excluding carboxylic acids is 1. The molecule has 1 heterocycles. The van der Waals surface area contributed by atoms with E-state index < -0.39 is 27.4 Å². The molecule has 1 saturated carbocycles. The first kappa shape index (κ1) is 22.8. The van der Waals surface area contributed by atoms with Gasteiger partial charge in [-0.05, 0) is 30.9 Å². The predicted molar refractivity (Wildman–Crippen MR) is 114 cm³/mol. The second-order valence-electron chi connectivity index (χ2n) is 7.42. The van der Waals surface area contributed by atoms with E-state index in [2.05, 4.69) is 19.6 Å². The summed E-state index contributed by atoms with van der Waals surface area (Å²) in [4.78, 5) is 20.4. The number of aromatic nitrogens is 2. The highest BCUT2D eigenvalue weighted by Gasteiger charge is 2.33. The highest BCUT2D eigenvalue weighted by Crippen LogP contribution is 2.34. The van der Waals surface area contributed by atoms with Gasteiger partial charge in [-0.2, -0.15) is 13.8 Å². The Morgan fingerprint density at radius 2 is 2.03 bits per heavy atom. The zero-order valence-corrected chi connectivity index (χ0v) is 18.2. The molecule has 1 N–H and O–H groups in total. The van der Waals surface area contributed by atoms with Gasteiger partial charge < -0.3 is 10.1 Å². The quantitative estimate of drug-likeness (QED) is 0.653. The minimum absolute atomic E-state index is 0.0756. The van der Waals surface area contributed by atoms with Crippen molar-refractivity contribution in [2.75, 3.05) is 13.3 Å². The van der Waals surface area contributed by atoms with Crippen molar-refractivity contribution in [3.63, 3.8) is 0 Å². The van der Waals surface area contributed by atoms with Gasteiger partial charge in [0.05, 0.1) is 15.8 Å². The van der Waals surface area contributed by atoms with E-state index in [-0.39, 0.29) is 23.4 Å². The molecule has 1 aliphatic rings. The number of nitrogens with zero attached hydrogens (tertiary/aromatic N) is 3. The first-order chi connectivity index (χ1) is 14.6. The number of para-hydroxylation sites is 1. The summed E-state index contributed by atoms with van der Waals surface area (Å²) < 4.78 is 49.1. The molecule has 1 aromatic heterocycles. The smallest absolute Gasteiger partial charge is 0.303 e. The van der Waals surface area contributed by atoms with Crippen LogP contribution >= 0.6 is 0 Å². The summed E-state index contributed by atoms with van der Waals surface area (Å²) in [6.07, 6.45) is 6.02. The van der Waals surface area contributed by atoms with E-state index in [1.807, 2.05) is 0 Å². The van der Waals surface area contributed by atoms with Crippen molar-refractivity contribution in [2.24, 2.45) is 10.3 Å². The van der Waals surface area contributed by atoms with E-state index in [0.29, 0.717) is 12.7 Å². The van der Waals surface area contributed by atoms with Gasteiger partial charge in [0.25, 0.3) is 5.91 Å². The van der Waals surface area contributed by atoms with Crippen LogP contribution < -0.4 is 10.1 Å². The number of nitrogens with one attached hydrogen (secondary N) is 1. The SMILES string of the molecule is CN=[S@@](C)(=O)/C=C/[C@H](NC(=O)c1cnc(C(C)(F)F)nc1Oc1ccccc1)C1CC1. The maximum absolute atomic E-state index is 13.7. The average Bonchev–Trinajstić information content (AvgIpc) is 3.56. The summed E-state index contributed by atoms with van der Waals surface area (Å²) in [5.41, 5.74) is -0.0756. The van der Waals surface area contributed by atoms with Crippen LogP contribution in [0, 0.1) is 5.92 Å². The first-order valence-electron chi connectivity index (χ1n) is 9.66. The lowest BCUT2D eigenvalue weighted by Gasteiger charge is -2.17. The van der Waals surface area contributed by atoms with Crippen molar-refractivity contribution in [1.82, 2.24) is 15.3 Å². The summed E-state index contributed by atoms with van der Waals surface area (Å²) in [6, 6.07) is 8.05. The molecule has 31 heavy (non-hydrogen) atoms. The van der Waals surface area contributed by atoms with E-state index in [9.17, 15) is 17.8 Å². The number of amides is 1. The number of alkyl halides is 2. The van der Waals surface area contributed by atoms with Crippen molar-refractivity contribution in [1.29, 1.82) is 0 Å². The summed E-state index contributed by atoms with van der Waals surface area (Å²) >= 11 is 0. The van der Waals surface area contributed by atoms with Crippen LogP contribution in [0.2, 0.25) is 0 Å². The topological polar surface area (TPSA) is 93.5 Å². The maximum Gasteiger partial charge on any atom is 0.303 e. The van der Waals surface area contributed by atoms with E-state index in [4.69, 9.17) is 4.74 Å². The third-order valence-electron chi connectivity index (χ3n) is 4.68. The lowest BCUT2D eigenvalue weighted by Crippen LogP contribution is -2.35.